The standard InChI is InChI=1S/C18H23NO6/c1-5-24-16(21)18(17(22)25-6-2)11-12(3)15(20)19(18)13-9-7-8-10-14(13)23-4/h7-10,12H,5-6,11H2,1-4H3. The van der Waals surface area contributed by atoms with Crippen molar-refractivity contribution in [2.45, 2.75) is 32.7 Å². The normalized spacial score (nSPS) is 18.8. The highest BCUT2D eigenvalue weighted by Crippen LogP contribution is 2.43. The Balaban J connectivity index is 2.67. The number of para-hydroxylation sites is 2. The van der Waals surface area contributed by atoms with Gasteiger partial charge in [-0.15, -0.1) is 0 Å². The molecule has 2 rings (SSSR count). The highest BCUT2D eigenvalue weighted by molar-refractivity contribution is 6.19. The molecular weight excluding hydrogens is 326 g/mol. The van der Waals surface area contributed by atoms with Crippen molar-refractivity contribution in [2.24, 2.45) is 5.92 Å². The predicted octanol–water partition coefficient (Wildman–Crippen LogP) is 1.93. The van der Waals surface area contributed by atoms with E-state index in [4.69, 9.17) is 14.2 Å². The number of hydrogen-bond acceptors (Lipinski definition) is 6. The summed E-state index contributed by atoms with van der Waals surface area (Å²) in [4.78, 5) is 39.6. The SMILES string of the molecule is CCOC(=O)C1(C(=O)OCC)CC(C)C(=O)N1c1ccccc1OC. The van der Waals surface area contributed by atoms with Crippen LogP contribution in [-0.4, -0.2) is 43.7 Å². The van der Waals surface area contributed by atoms with E-state index >= 15 is 0 Å². The first-order valence-electron chi connectivity index (χ1n) is 8.25. The van der Waals surface area contributed by atoms with Crippen LogP contribution in [0.3, 0.4) is 0 Å². The average molecular weight is 349 g/mol. The summed E-state index contributed by atoms with van der Waals surface area (Å²) in [6.45, 7) is 5.13. The minimum absolute atomic E-state index is 0.0124. The molecule has 25 heavy (non-hydrogen) atoms. The quantitative estimate of drug-likeness (QED) is 0.576. The van der Waals surface area contributed by atoms with E-state index in [1.165, 1.54) is 12.0 Å². The zero-order chi connectivity index (χ0) is 18.6. The second-order valence-corrected chi connectivity index (χ2v) is 5.75. The van der Waals surface area contributed by atoms with Gasteiger partial charge in [-0.2, -0.15) is 0 Å². The number of esters is 2. The monoisotopic (exact) mass is 349 g/mol. The summed E-state index contributed by atoms with van der Waals surface area (Å²) in [6.07, 6.45) is -0.0124. The lowest BCUT2D eigenvalue weighted by molar-refractivity contribution is -0.164. The Morgan fingerprint density at radius 2 is 1.72 bits per heavy atom. The van der Waals surface area contributed by atoms with Gasteiger partial charge in [-0.3, -0.25) is 9.69 Å². The van der Waals surface area contributed by atoms with Crippen LogP contribution in [0.15, 0.2) is 24.3 Å². The van der Waals surface area contributed by atoms with Gasteiger partial charge in [-0.05, 0) is 26.0 Å². The van der Waals surface area contributed by atoms with Crippen LogP contribution in [0.4, 0.5) is 5.69 Å². The summed E-state index contributed by atoms with van der Waals surface area (Å²) >= 11 is 0. The van der Waals surface area contributed by atoms with Crippen LogP contribution in [0.5, 0.6) is 5.75 Å². The maximum absolute atomic E-state index is 12.9. The molecule has 0 spiro atoms. The van der Waals surface area contributed by atoms with Gasteiger partial charge in [0.1, 0.15) is 5.75 Å². The molecule has 1 aromatic rings. The molecule has 0 N–H and O–H groups in total. The van der Waals surface area contributed by atoms with Crippen molar-refractivity contribution in [3.05, 3.63) is 24.3 Å². The molecule has 0 aliphatic carbocycles. The molecule has 0 bridgehead atoms. The number of methoxy groups -OCH3 is 1. The molecule has 7 nitrogen and oxygen atoms in total. The summed E-state index contributed by atoms with van der Waals surface area (Å²) in [5.41, 5.74) is -1.52. The van der Waals surface area contributed by atoms with Crippen LogP contribution in [0.2, 0.25) is 0 Å². The first kappa shape index (κ1) is 18.8. The van der Waals surface area contributed by atoms with Gasteiger partial charge >= 0.3 is 11.9 Å². The number of hydrogen-bond donors (Lipinski definition) is 0. The van der Waals surface area contributed by atoms with E-state index in [9.17, 15) is 14.4 Å². The van der Waals surface area contributed by atoms with E-state index < -0.39 is 23.4 Å². The van der Waals surface area contributed by atoms with E-state index in [1.54, 1.807) is 45.0 Å². The molecule has 1 aliphatic heterocycles. The lowest BCUT2D eigenvalue weighted by Gasteiger charge is -2.34. The van der Waals surface area contributed by atoms with Crippen LogP contribution in [0.25, 0.3) is 0 Å². The molecule has 1 fully saturated rings. The fourth-order valence-electron chi connectivity index (χ4n) is 3.10. The van der Waals surface area contributed by atoms with Crippen LogP contribution >= 0.6 is 0 Å². The number of amides is 1. The molecule has 1 unspecified atom stereocenters. The third kappa shape index (κ3) is 3.06. The number of carbonyl (C=O) groups excluding carboxylic acids is 3. The number of carbonyl (C=O) groups is 3. The Labute approximate surface area is 146 Å². The van der Waals surface area contributed by atoms with E-state index in [0.717, 1.165) is 0 Å². The molecule has 0 aromatic heterocycles. The summed E-state index contributed by atoms with van der Waals surface area (Å²) < 4.78 is 15.6. The Morgan fingerprint density at radius 3 is 2.24 bits per heavy atom. The molecular formula is C18H23NO6. The zero-order valence-corrected chi connectivity index (χ0v) is 14.9. The molecule has 1 atom stereocenters. The molecule has 136 valence electrons. The summed E-state index contributed by atoms with van der Waals surface area (Å²) in [5, 5.41) is 0. The predicted molar refractivity (Wildman–Crippen MR) is 90.3 cm³/mol. The topological polar surface area (TPSA) is 82.1 Å². The highest BCUT2D eigenvalue weighted by atomic mass is 16.6. The number of anilines is 1. The minimum Gasteiger partial charge on any atom is -0.495 e. The van der Waals surface area contributed by atoms with Gasteiger partial charge in [0.2, 0.25) is 11.4 Å². The van der Waals surface area contributed by atoms with E-state index in [2.05, 4.69) is 0 Å². The minimum atomic E-state index is -1.85. The Hall–Kier alpha value is -2.57. The van der Waals surface area contributed by atoms with Gasteiger partial charge in [0.05, 0.1) is 26.0 Å². The molecule has 1 aliphatic rings. The van der Waals surface area contributed by atoms with Crippen LogP contribution in [0.1, 0.15) is 27.2 Å². The van der Waals surface area contributed by atoms with Gasteiger partial charge in [-0.25, -0.2) is 9.59 Å². The summed E-state index contributed by atoms with van der Waals surface area (Å²) in [5.74, 6) is -2.11. The number of rotatable bonds is 6. The number of nitrogens with zero attached hydrogens (tertiary/aromatic N) is 1. The smallest absolute Gasteiger partial charge is 0.344 e. The van der Waals surface area contributed by atoms with Crippen LogP contribution < -0.4 is 9.64 Å². The Morgan fingerprint density at radius 1 is 1.16 bits per heavy atom. The molecule has 1 heterocycles. The third-order valence-corrected chi connectivity index (χ3v) is 4.18. The molecule has 1 saturated heterocycles. The molecule has 1 amide bonds. The van der Waals surface area contributed by atoms with Gasteiger partial charge in [0, 0.05) is 12.3 Å². The zero-order valence-electron chi connectivity index (χ0n) is 14.9. The van der Waals surface area contributed by atoms with Crippen molar-refractivity contribution in [3.63, 3.8) is 0 Å². The van der Waals surface area contributed by atoms with Gasteiger partial charge in [0.25, 0.3) is 0 Å². The van der Waals surface area contributed by atoms with Gasteiger partial charge in [0.15, 0.2) is 0 Å². The van der Waals surface area contributed by atoms with E-state index in [-0.39, 0.29) is 25.5 Å². The number of ether oxygens (including phenoxy) is 3. The lowest BCUT2D eigenvalue weighted by Crippen LogP contribution is -2.59. The Kier molecular flexibility index (Phi) is 5.66. The fraction of sp³-hybridized carbons (Fsp3) is 0.500. The van der Waals surface area contributed by atoms with Crippen molar-refractivity contribution in [3.8, 4) is 5.75 Å². The second-order valence-electron chi connectivity index (χ2n) is 5.75. The molecule has 7 heteroatoms. The van der Waals surface area contributed by atoms with Crippen molar-refractivity contribution in [2.75, 3.05) is 25.2 Å². The van der Waals surface area contributed by atoms with E-state index in [0.29, 0.717) is 11.4 Å². The average Bonchev–Trinajstić information content (AvgIpc) is 2.87. The first-order valence-corrected chi connectivity index (χ1v) is 8.25. The lowest BCUT2D eigenvalue weighted by atomic mass is 9.92. The summed E-state index contributed by atoms with van der Waals surface area (Å²) in [7, 11) is 1.46. The largest absolute Gasteiger partial charge is 0.495 e. The Bertz CT molecular complexity index is 653. The maximum Gasteiger partial charge on any atom is 0.344 e. The maximum atomic E-state index is 12.9. The van der Waals surface area contributed by atoms with E-state index in [1.807, 2.05) is 0 Å². The van der Waals surface area contributed by atoms with Crippen molar-refractivity contribution >= 4 is 23.5 Å². The van der Waals surface area contributed by atoms with Gasteiger partial charge < -0.3 is 14.2 Å². The second kappa shape index (κ2) is 7.55. The van der Waals surface area contributed by atoms with Crippen molar-refractivity contribution in [1.29, 1.82) is 0 Å². The number of benzene rings is 1. The summed E-state index contributed by atoms with van der Waals surface area (Å²) in [6, 6.07) is 6.73. The highest BCUT2D eigenvalue weighted by Gasteiger charge is 2.63. The van der Waals surface area contributed by atoms with Crippen molar-refractivity contribution in [1.82, 2.24) is 0 Å². The van der Waals surface area contributed by atoms with Crippen molar-refractivity contribution < 1.29 is 28.6 Å². The fourth-order valence-corrected chi connectivity index (χ4v) is 3.10. The van der Waals surface area contributed by atoms with Crippen LogP contribution in [-0.2, 0) is 23.9 Å². The molecule has 0 saturated carbocycles. The van der Waals surface area contributed by atoms with Crippen LogP contribution in [0, 0.1) is 5.92 Å². The first-order chi connectivity index (χ1) is 11.9. The molecule has 0 radical (unpaired) electrons. The van der Waals surface area contributed by atoms with Gasteiger partial charge in [-0.1, -0.05) is 19.1 Å². The molecule has 1 aromatic carbocycles. The third-order valence-electron chi connectivity index (χ3n) is 4.18.